The monoisotopic (exact) mass is 481 g/mol. The molecule has 34 heavy (non-hydrogen) atoms. The summed E-state index contributed by atoms with van der Waals surface area (Å²) in [6.45, 7) is 2.72. The van der Waals surface area contributed by atoms with E-state index in [1.54, 1.807) is 24.3 Å². The average Bonchev–Trinajstić information content (AvgIpc) is 2.97. The van der Waals surface area contributed by atoms with E-state index in [1.165, 1.54) is 43.0 Å². The van der Waals surface area contributed by atoms with Crippen molar-refractivity contribution in [1.29, 1.82) is 0 Å². The molecule has 0 spiro atoms. The summed E-state index contributed by atoms with van der Waals surface area (Å²) in [5.74, 6) is -0.449. The van der Waals surface area contributed by atoms with Crippen molar-refractivity contribution in [1.82, 2.24) is 15.3 Å². The number of nitrogens with zero attached hydrogens (tertiary/aromatic N) is 2. The van der Waals surface area contributed by atoms with Crippen LogP contribution in [0.5, 0.6) is 11.5 Å². The Bertz CT molecular complexity index is 1040. The fourth-order valence-corrected chi connectivity index (χ4v) is 3.30. The Morgan fingerprint density at radius 2 is 1.59 bits per heavy atom. The molecule has 0 saturated carbocycles. The van der Waals surface area contributed by atoms with Crippen molar-refractivity contribution >= 4 is 18.3 Å². The maximum absolute atomic E-state index is 12.3. The molecule has 0 aromatic heterocycles. The van der Waals surface area contributed by atoms with Crippen LogP contribution in [0.25, 0.3) is 11.1 Å². The molecule has 1 aliphatic heterocycles. The van der Waals surface area contributed by atoms with E-state index >= 15 is 0 Å². The van der Waals surface area contributed by atoms with Crippen molar-refractivity contribution in [2.45, 2.75) is 31.8 Å². The molecule has 12 heteroatoms. The number of amides is 4. The maximum Gasteiger partial charge on any atom is 0.573 e. The second-order valence-electron chi connectivity index (χ2n) is 7.98. The summed E-state index contributed by atoms with van der Waals surface area (Å²) in [6, 6.07) is 10.3. The SMILES string of the molecule is CC1(C)C(=O)NC(=O)N1C[C@H](COc1ccc(-c2ccc(OC(F)(F)F)cc2)cc1)N(O)C=O. The quantitative estimate of drug-likeness (QED) is 0.247. The Morgan fingerprint density at radius 1 is 1.06 bits per heavy atom. The smallest absolute Gasteiger partial charge is 0.491 e. The van der Waals surface area contributed by atoms with Crippen LogP contribution >= 0.6 is 0 Å². The van der Waals surface area contributed by atoms with Gasteiger partial charge in [0.1, 0.15) is 29.7 Å². The Labute approximate surface area is 192 Å². The molecule has 1 aliphatic rings. The molecule has 1 atom stereocenters. The van der Waals surface area contributed by atoms with Gasteiger partial charge < -0.3 is 14.4 Å². The molecule has 1 saturated heterocycles. The number of imide groups is 1. The lowest BCUT2D eigenvalue weighted by molar-refractivity contribution is -0.274. The third-order valence-corrected chi connectivity index (χ3v) is 5.29. The molecule has 182 valence electrons. The van der Waals surface area contributed by atoms with Gasteiger partial charge in [-0.25, -0.2) is 9.86 Å². The topological polar surface area (TPSA) is 108 Å². The Hall–Kier alpha value is -3.80. The molecule has 0 aliphatic carbocycles. The number of nitrogens with one attached hydrogen (secondary N) is 1. The number of urea groups is 1. The van der Waals surface area contributed by atoms with Gasteiger partial charge in [-0.3, -0.25) is 20.1 Å². The van der Waals surface area contributed by atoms with Crippen molar-refractivity contribution in [2.24, 2.45) is 0 Å². The highest BCUT2D eigenvalue weighted by Gasteiger charge is 2.46. The summed E-state index contributed by atoms with van der Waals surface area (Å²) in [6.07, 6.45) is -4.59. The van der Waals surface area contributed by atoms with Gasteiger partial charge >= 0.3 is 12.4 Å². The highest BCUT2D eigenvalue weighted by molar-refractivity contribution is 6.06. The summed E-state index contributed by atoms with van der Waals surface area (Å²) in [4.78, 5) is 36.3. The van der Waals surface area contributed by atoms with E-state index in [4.69, 9.17) is 4.74 Å². The second-order valence-corrected chi connectivity index (χ2v) is 7.98. The van der Waals surface area contributed by atoms with Gasteiger partial charge in [0.2, 0.25) is 6.41 Å². The van der Waals surface area contributed by atoms with Gasteiger partial charge in [-0.2, -0.15) is 0 Å². The van der Waals surface area contributed by atoms with Gasteiger partial charge in [0.15, 0.2) is 0 Å². The van der Waals surface area contributed by atoms with Crippen molar-refractivity contribution in [3.8, 4) is 22.6 Å². The Kier molecular flexibility index (Phi) is 7.01. The summed E-state index contributed by atoms with van der Waals surface area (Å²) in [5.41, 5.74) is 0.183. The van der Waals surface area contributed by atoms with E-state index in [2.05, 4.69) is 10.1 Å². The third-order valence-electron chi connectivity index (χ3n) is 5.29. The van der Waals surface area contributed by atoms with Crippen molar-refractivity contribution in [2.75, 3.05) is 13.2 Å². The minimum absolute atomic E-state index is 0.162. The minimum Gasteiger partial charge on any atom is -0.491 e. The van der Waals surface area contributed by atoms with Gasteiger partial charge in [-0.1, -0.05) is 24.3 Å². The summed E-state index contributed by atoms with van der Waals surface area (Å²) in [7, 11) is 0. The predicted octanol–water partition coefficient (Wildman–Crippen LogP) is 3.18. The first kappa shape index (κ1) is 24.8. The van der Waals surface area contributed by atoms with E-state index in [0.717, 1.165) is 0 Å². The molecule has 9 nitrogen and oxygen atoms in total. The Balaban J connectivity index is 1.65. The molecule has 2 aromatic rings. The largest absolute Gasteiger partial charge is 0.573 e. The van der Waals surface area contributed by atoms with Crippen LogP contribution in [0, 0.1) is 0 Å². The van der Waals surface area contributed by atoms with Crippen LogP contribution < -0.4 is 14.8 Å². The zero-order valence-corrected chi connectivity index (χ0v) is 18.2. The number of hydrogen-bond donors (Lipinski definition) is 2. The lowest BCUT2D eigenvalue weighted by atomic mass is 10.0. The first-order chi connectivity index (χ1) is 15.9. The van der Waals surface area contributed by atoms with Crippen LogP contribution in [0.2, 0.25) is 0 Å². The maximum atomic E-state index is 12.3. The predicted molar refractivity (Wildman–Crippen MR) is 112 cm³/mol. The lowest BCUT2D eigenvalue weighted by Gasteiger charge is -2.33. The normalized spacial score (nSPS) is 16.1. The van der Waals surface area contributed by atoms with Crippen LogP contribution in [-0.4, -0.2) is 64.6 Å². The lowest BCUT2D eigenvalue weighted by Crippen LogP contribution is -2.52. The van der Waals surface area contributed by atoms with Gasteiger partial charge in [-0.15, -0.1) is 13.2 Å². The summed E-state index contributed by atoms with van der Waals surface area (Å²) in [5, 5.41) is 12.5. The molecule has 1 heterocycles. The van der Waals surface area contributed by atoms with Crippen LogP contribution in [0.4, 0.5) is 18.0 Å². The number of rotatable bonds is 9. The molecular weight excluding hydrogens is 459 g/mol. The van der Waals surface area contributed by atoms with Crippen molar-refractivity contribution in [3.05, 3.63) is 48.5 Å². The number of hydrogen-bond acceptors (Lipinski definition) is 6. The van der Waals surface area contributed by atoms with Crippen LogP contribution in [-0.2, 0) is 9.59 Å². The van der Waals surface area contributed by atoms with Gasteiger partial charge in [0, 0.05) is 6.54 Å². The van der Waals surface area contributed by atoms with E-state index in [-0.39, 0.29) is 25.3 Å². The highest BCUT2D eigenvalue weighted by atomic mass is 19.4. The van der Waals surface area contributed by atoms with E-state index < -0.39 is 29.9 Å². The molecule has 4 amide bonds. The molecule has 2 aromatic carbocycles. The number of carbonyl (C=O) groups excluding carboxylic acids is 3. The molecule has 1 fully saturated rings. The van der Waals surface area contributed by atoms with E-state index in [1.807, 2.05) is 0 Å². The van der Waals surface area contributed by atoms with Gasteiger partial charge in [0.25, 0.3) is 5.91 Å². The zero-order valence-electron chi connectivity index (χ0n) is 18.2. The second kappa shape index (κ2) is 9.59. The number of halogens is 3. The van der Waals surface area contributed by atoms with Crippen molar-refractivity contribution < 1.29 is 42.2 Å². The number of benzene rings is 2. The third kappa shape index (κ3) is 5.76. The molecule has 3 rings (SSSR count). The first-order valence-electron chi connectivity index (χ1n) is 10.1. The number of ether oxygens (including phenoxy) is 2. The van der Waals surface area contributed by atoms with Crippen molar-refractivity contribution in [3.63, 3.8) is 0 Å². The van der Waals surface area contributed by atoms with Crippen LogP contribution in [0.3, 0.4) is 0 Å². The molecule has 0 unspecified atom stereocenters. The Morgan fingerprint density at radius 3 is 2.03 bits per heavy atom. The average molecular weight is 481 g/mol. The standard InChI is InChI=1S/C22H22F3N3O6/c1-21(2)19(30)26-20(31)27(21)11-16(28(32)13-29)12-33-17-7-3-14(4-8-17)15-5-9-18(10-6-15)34-22(23,24)25/h3-10,13,16,32H,11-12H2,1-2H3,(H,26,30,31)/t16-/m1/s1. The molecular formula is C22H22F3N3O6. The van der Waals surface area contributed by atoms with Crippen LogP contribution in [0.15, 0.2) is 48.5 Å². The summed E-state index contributed by atoms with van der Waals surface area (Å²) >= 11 is 0. The van der Waals surface area contributed by atoms with E-state index in [0.29, 0.717) is 21.9 Å². The van der Waals surface area contributed by atoms with Crippen LogP contribution in [0.1, 0.15) is 13.8 Å². The van der Waals surface area contributed by atoms with E-state index in [9.17, 15) is 32.8 Å². The highest BCUT2D eigenvalue weighted by Crippen LogP contribution is 2.28. The molecule has 2 N–H and O–H groups in total. The molecule has 0 radical (unpaired) electrons. The number of alkyl halides is 3. The molecule has 0 bridgehead atoms. The minimum atomic E-state index is -4.77. The number of carbonyl (C=O) groups is 3. The first-order valence-corrected chi connectivity index (χ1v) is 10.1. The zero-order chi connectivity index (χ0) is 25.1. The van der Waals surface area contributed by atoms with Gasteiger partial charge in [0.05, 0.1) is 0 Å². The summed E-state index contributed by atoms with van der Waals surface area (Å²) < 4.78 is 46.4. The fourth-order valence-electron chi connectivity index (χ4n) is 3.30. The number of hydroxylamine groups is 2. The van der Waals surface area contributed by atoms with Gasteiger partial charge in [-0.05, 0) is 49.2 Å². The fraction of sp³-hybridized carbons (Fsp3) is 0.318.